The predicted octanol–water partition coefficient (Wildman–Crippen LogP) is 2.71. The minimum absolute atomic E-state index is 0.701. The molecule has 1 fully saturated rings. The second kappa shape index (κ2) is 4.79. The molecule has 0 aliphatic heterocycles. The molecule has 2 rings (SSSR count). The summed E-state index contributed by atoms with van der Waals surface area (Å²) in [5.41, 5.74) is 2.26. The van der Waals surface area contributed by atoms with Gasteiger partial charge in [-0.2, -0.15) is 0 Å². The zero-order chi connectivity index (χ0) is 10.7. The Hall–Kier alpha value is -0.830. The molecule has 15 heavy (non-hydrogen) atoms. The van der Waals surface area contributed by atoms with Crippen molar-refractivity contribution in [2.24, 2.45) is 0 Å². The third kappa shape index (κ3) is 2.59. The van der Waals surface area contributed by atoms with Gasteiger partial charge >= 0.3 is 0 Å². The van der Waals surface area contributed by atoms with Gasteiger partial charge in [-0.15, -0.1) is 0 Å². The molecule has 0 radical (unpaired) electrons. The van der Waals surface area contributed by atoms with E-state index in [1.54, 1.807) is 0 Å². The molecule has 3 heteroatoms. The lowest BCUT2D eigenvalue weighted by molar-refractivity contribution is 0.369. The van der Waals surface area contributed by atoms with Gasteiger partial charge in [-0.3, -0.25) is 0 Å². The lowest BCUT2D eigenvalue weighted by atomic mass is 9.95. The van der Waals surface area contributed by atoms with Crippen LogP contribution in [0, 0.1) is 13.8 Å². The average Bonchev–Trinajstić information content (AvgIpc) is 2.58. The number of aryl methyl sites for hydroxylation is 2. The summed E-state index contributed by atoms with van der Waals surface area (Å²) in [6.07, 6.45) is 6.80. The van der Waals surface area contributed by atoms with Gasteiger partial charge in [-0.25, -0.2) is 0 Å². The fourth-order valence-electron chi connectivity index (χ4n) is 2.31. The lowest BCUT2D eigenvalue weighted by Gasteiger charge is -2.22. The van der Waals surface area contributed by atoms with Crippen molar-refractivity contribution in [1.29, 1.82) is 0 Å². The van der Waals surface area contributed by atoms with Crippen LogP contribution in [0.2, 0.25) is 0 Å². The predicted molar refractivity (Wildman–Crippen MR) is 59.7 cm³/mol. The van der Waals surface area contributed by atoms with Gasteiger partial charge in [0.1, 0.15) is 5.76 Å². The number of hydrogen-bond acceptors (Lipinski definition) is 3. The molecule has 1 aliphatic carbocycles. The van der Waals surface area contributed by atoms with E-state index >= 15 is 0 Å². The molecule has 1 aliphatic rings. The van der Waals surface area contributed by atoms with Crippen molar-refractivity contribution in [2.75, 3.05) is 0 Å². The Balaban J connectivity index is 1.87. The molecule has 0 spiro atoms. The van der Waals surface area contributed by atoms with Crippen LogP contribution < -0.4 is 5.32 Å². The van der Waals surface area contributed by atoms with Crippen molar-refractivity contribution >= 4 is 0 Å². The van der Waals surface area contributed by atoms with E-state index < -0.39 is 0 Å². The minimum atomic E-state index is 0.701. The molecule has 1 saturated carbocycles. The second-order valence-corrected chi connectivity index (χ2v) is 4.52. The molecule has 0 unspecified atom stereocenters. The van der Waals surface area contributed by atoms with Crippen LogP contribution in [0.3, 0.4) is 0 Å². The van der Waals surface area contributed by atoms with Gasteiger partial charge in [0.05, 0.1) is 5.69 Å². The molecule has 0 amide bonds. The molecule has 3 nitrogen and oxygen atoms in total. The third-order valence-corrected chi connectivity index (χ3v) is 3.35. The van der Waals surface area contributed by atoms with E-state index in [4.69, 9.17) is 4.52 Å². The summed E-state index contributed by atoms with van der Waals surface area (Å²) in [6.45, 7) is 4.90. The summed E-state index contributed by atoms with van der Waals surface area (Å²) in [6, 6.07) is 0.701. The van der Waals surface area contributed by atoms with E-state index in [0.29, 0.717) is 6.04 Å². The number of aromatic nitrogens is 1. The van der Waals surface area contributed by atoms with Crippen molar-refractivity contribution in [1.82, 2.24) is 10.5 Å². The summed E-state index contributed by atoms with van der Waals surface area (Å²) in [5, 5.41) is 7.57. The largest absolute Gasteiger partial charge is 0.361 e. The van der Waals surface area contributed by atoms with Crippen molar-refractivity contribution in [3.63, 3.8) is 0 Å². The molecule has 0 bridgehead atoms. The van der Waals surface area contributed by atoms with E-state index in [-0.39, 0.29) is 0 Å². The monoisotopic (exact) mass is 208 g/mol. The van der Waals surface area contributed by atoms with Crippen molar-refractivity contribution in [3.8, 4) is 0 Å². The SMILES string of the molecule is Cc1noc(C)c1CNC1CCCCC1. The maximum Gasteiger partial charge on any atom is 0.138 e. The second-order valence-electron chi connectivity index (χ2n) is 4.52. The highest BCUT2D eigenvalue weighted by Gasteiger charge is 2.14. The molecule has 0 aromatic carbocycles. The summed E-state index contributed by atoms with van der Waals surface area (Å²) in [4.78, 5) is 0. The van der Waals surface area contributed by atoms with Gasteiger partial charge in [0.25, 0.3) is 0 Å². The maximum atomic E-state index is 5.15. The van der Waals surface area contributed by atoms with Gasteiger partial charge in [0.2, 0.25) is 0 Å². The van der Waals surface area contributed by atoms with Gasteiger partial charge in [0, 0.05) is 18.2 Å². The highest BCUT2D eigenvalue weighted by Crippen LogP contribution is 2.19. The van der Waals surface area contributed by atoms with E-state index in [1.807, 2.05) is 13.8 Å². The standard InChI is InChI=1S/C12H20N2O/c1-9-12(10(2)15-14-9)8-13-11-6-4-3-5-7-11/h11,13H,3-8H2,1-2H3. The highest BCUT2D eigenvalue weighted by molar-refractivity contribution is 5.20. The summed E-state index contributed by atoms with van der Waals surface area (Å²) in [5.74, 6) is 0.954. The van der Waals surface area contributed by atoms with Crippen molar-refractivity contribution in [2.45, 2.75) is 58.5 Å². The average molecular weight is 208 g/mol. The Morgan fingerprint density at radius 3 is 2.60 bits per heavy atom. The number of nitrogens with zero attached hydrogens (tertiary/aromatic N) is 1. The topological polar surface area (TPSA) is 38.1 Å². The van der Waals surface area contributed by atoms with Crippen LogP contribution >= 0.6 is 0 Å². The van der Waals surface area contributed by atoms with Crippen LogP contribution in [0.25, 0.3) is 0 Å². The third-order valence-electron chi connectivity index (χ3n) is 3.35. The number of rotatable bonds is 3. The summed E-state index contributed by atoms with van der Waals surface area (Å²) >= 11 is 0. The normalized spacial score (nSPS) is 18.3. The first kappa shape index (κ1) is 10.7. The molecular formula is C12H20N2O. The van der Waals surface area contributed by atoms with Crippen LogP contribution in [0.4, 0.5) is 0 Å². The Bertz CT molecular complexity index is 294. The van der Waals surface area contributed by atoms with Crippen molar-refractivity contribution in [3.05, 3.63) is 17.0 Å². The first-order valence-corrected chi connectivity index (χ1v) is 5.92. The molecular weight excluding hydrogens is 188 g/mol. The first-order chi connectivity index (χ1) is 7.27. The quantitative estimate of drug-likeness (QED) is 0.830. The van der Waals surface area contributed by atoms with Crippen LogP contribution in [0.15, 0.2) is 4.52 Å². The maximum absolute atomic E-state index is 5.15. The fourth-order valence-corrected chi connectivity index (χ4v) is 2.31. The van der Waals surface area contributed by atoms with E-state index in [2.05, 4.69) is 10.5 Å². The van der Waals surface area contributed by atoms with Crippen LogP contribution in [0.1, 0.15) is 49.1 Å². The molecule has 1 heterocycles. The zero-order valence-corrected chi connectivity index (χ0v) is 9.68. The Kier molecular flexibility index (Phi) is 3.41. The molecule has 0 atom stereocenters. The van der Waals surface area contributed by atoms with E-state index in [0.717, 1.165) is 18.0 Å². The molecule has 1 aromatic heterocycles. The van der Waals surface area contributed by atoms with Gasteiger partial charge in [0.15, 0.2) is 0 Å². The number of nitrogens with one attached hydrogen (secondary N) is 1. The fraction of sp³-hybridized carbons (Fsp3) is 0.750. The van der Waals surface area contributed by atoms with Gasteiger partial charge in [-0.1, -0.05) is 24.4 Å². The minimum Gasteiger partial charge on any atom is -0.361 e. The smallest absolute Gasteiger partial charge is 0.138 e. The summed E-state index contributed by atoms with van der Waals surface area (Å²) in [7, 11) is 0. The Morgan fingerprint density at radius 1 is 1.27 bits per heavy atom. The Morgan fingerprint density at radius 2 is 2.00 bits per heavy atom. The van der Waals surface area contributed by atoms with Crippen LogP contribution in [-0.4, -0.2) is 11.2 Å². The zero-order valence-electron chi connectivity index (χ0n) is 9.68. The van der Waals surface area contributed by atoms with Gasteiger partial charge < -0.3 is 9.84 Å². The molecule has 1 aromatic rings. The first-order valence-electron chi connectivity index (χ1n) is 5.92. The molecule has 84 valence electrons. The van der Waals surface area contributed by atoms with Crippen molar-refractivity contribution < 1.29 is 4.52 Å². The number of hydrogen-bond donors (Lipinski definition) is 1. The van der Waals surface area contributed by atoms with E-state index in [9.17, 15) is 0 Å². The summed E-state index contributed by atoms with van der Waals surface area (Å²) < 4.78 is 5.15. The molecule has 1 N–H and O–H groups in total. The lowest BCUT2D eigenvalue weighted by Crippen LogP contribution is -2.30. The van der Waals surface area contributed by atoms with Crippen LogP contribution in [-0.2, 0) is 6.54 Å². The highest BCUT2D eigenvalue weighted by atomic mass is 16.5. The molecule has 0 saturated heterocycles. The van der Waals surface area contributed by atoms with Gasteiger partial charge in [-0.05, 0) is 26.7 Å². The van der Waals surface area contributed by atoms with Crippen LogP contribution in [0.5, 0.6) is 0 Å². The Labute approximate surface area is 91.2 Å². The van der Waals surface area contributed by atoms with E-state index in [1.165, 1.54) is 37.7 Å².